The van der Waals surface area contributed by atoms with Gasteiger partial charge in [-0.05, 0) is 48.9 Å². The SMILES string of the molecule is N#Cc1csc(CNc2cccc3c2CCCC3)c1. The fraction of sp³-hybridized carbons (Fsp3) is 0.312. The lowest BCUT2D eigenvalue weighted by Gasteiger charge is -2.19. The summed E-state index contributed by atoms with van der Waals surface area (Å²) in [7, 11) is 0. The topological polar surface area (TPSA) is 35.8 Å². The Balaban J connectivity index is 1.75. The molecule has 0 fully saturated rings. The zero-order valence-electron chi connectivity index (χ0n) is 10.8. The number of hydrogen-bond acceptors (Lipinski definition) is 3. The van der Waals surface area contributed by atoms with Crippen molar-refractivity contribution in [2.45, 2.75) is 32.2 Å². The van der Waals surface area contributed by atoms with Crippen molar-refractivity contribution in [1.82, 2.24) is 0 Å². The monoisotopic (exact) mass is 268 g/mol. The molecule has 0 radical (unpaired) electrons. The van der Waals surface area contributed by atoms with Crippen LogP contribution in [0.25, 0.3) is 0 Å². The van der Waals surface area contributed by atoms with Crippen LogP contribution in [0.5, 0.6) is 0 Å². The van der Waals surface area contributed by atoms with Crippen LogP contribution in [0.15, 0.2) is 29.6 Å². The maximum Gasteiger partial charge on any atom is 0.100 e. The van der Waals surface area contributed by atoms with Gasteiger partial charge >= 0.3 is 0 Å². The van der Waals surface area contributed by atoms with Crippen molar-refractivity contribution in [1.29, 1.82) is 5.26 Å². The van der Waals surface area contributed by atoms with Gasteiger partial charge in [-0.1, -0.05) is 12.1 Å². The molecule has 1 aliphatic rings. The van der Waals surface area contributed by atoms with Gasteiger partial charge in [-0.15, -0.1) is 11.3 Å². The molecule has 19 heavy (non-hydrogen) atoms. The van der Waals surface area contributed by atoms with E-state index in [0.29, 0.717) is 0 Å². The summed E-state index contributed by atoms with van der Waals surface area (Å²) in [6.07, 6.45) is 5.00. The first-order valence-corrected chi connectivity index (χ1v) is 7.57. The van der Waals surface area contributed by atoms with E-state index in [2.05, 4.69) is 29.6 Å². The van der Waals surface area contributed by atoms with Crippen LogP contribution in [0.2, 0.25) is 0 Å². The summed E-state index contributed by atoms with van der Waals surface area (Å²) in [4.78, 5) is 1.21. The summed E-state index contributed by atoms with van der Waals surface area (Å²) in [5, 5.41) is 14.3. The number of rotatable bonds is 3. The smallest absolute Gasteiger partial charge is 0.100 e. The van der Waals surface area contributed by atoms with E-state index in [1.165, 1.54) is 47.4 Å². The van der Waals surface area contributed by atoms with E-state index in [0.717, 1.165) is 12.1 Å². The second-order valence-electron chi connectivity index (χ2n) is 4.92. The van der Waals surface area contributed by atoms with Crippen molar-refractivity contribution in [3.63, 3.8) is 0 Å². The maximum absolute atomic E-state index is 8.83. The summed E-state index contributed by atoms with van der Waals surface area (Å²) in [5.74, 6) is 0. The lowest BCUT2D eigenvalue weighted by atomic mass is 9.90. The minimum absolute atomic E-state index is 0.761. The Morgan fingerprint density at radius 3 is 3.00 bits per heavy atom. The fourth-order valence-electron chi connectivity index (χ4n) is 2.66. The predicted molar refractivity (Wildman–Crippen MR) is 79.4 cm³/mol. The molecule has 0 bridgehead atoms. The van der Waals surface area contributed by atoms with Crippen LogP contribution in [0.1, 0.15) is 34.4 Å². The molecule has 3 rings (SSSR count). The lowest BCUT2D eigenvalue weighted by molar-refractivity contribution is 0.686. The van der Waals surface area contributed by atoms with Gasteiger partial charge in [0.2, 0.25) is 0 Å². The van der Waals surface area contributed by atoms with Crippen LogP contribution in [-0.2, 0) is 19.4 Å². The largest absolute Gasteiger partial charge is 0.380 e. The molecule has 0 atom stereocenters. The molecule has 0 saturated heterocycles. The van der Waals surface area contributed by atoms with E-state index in [1.54, 1.807) is 11.3 Å². The minimum Gasteiger partial charge on any atom is -0.380 e. The highest BCUT2D eigenvalue weighted by Gasteiger charge is 2.12. The number of fused-ring (bicyclic) bond motifs is 1. The van der Waals surface area contributed by atoms with E-state index < -0.39 is 0 Å². The standard InChI is InChI=1S/C16H16N2S/c17-9-12-8-14(19-11-12)10-18-16-7-3-5-13-4-1-2-6-15(13)16/h3,5,7-8,11,18H,1-2,4,6,10H2. The summed E-state index contributed by atoms with van der Waals surface area (Å²) >= 11 is 1.65. The van der Waals surface area contributed by atoms with Gasteiger partial charge in [0.1, 0.15) is 6.07 Å². The van der Waals surface area contributed by atoms with Crippen molar-refractivity contribution in [2.24, 2.45) is 0 Å². The molecule has 0 unspecified atom stereocenters. The van der Waals surface area contributed by atoms with Crippen LogP contribution in [0.4, 0.5) is 5.69 Å². The van der Waals surface area contributed by atoms with Gasteiger partial charge in [0.05, 0.1) is 5.56 Å². The minimum atomic E-state index is 0.761. The highest BCUT2D eigenvalue weighted by Crippen LogP contribution is 2.28. The first-order chi connectivity index (χ1) is 9.36. The van der Waals surface area contributed by atoms with E-state index in [1.807, 2.05) is 11.4 Å². The Morgan fingerprint density at radius 2 is 2.16 bits per heavy atom. The number of aryl methyl sites for hydroxylation is 1. The van der Waals surface area contributed by atoms with Crippen molar-refractivity contribution in [3.05, 3.63) is 51.2 Å². The molecule has 3 heteroatoms. The van der Waals surface area contributed by atoms with Crippen LogP contribution in [0, 0.1) is 11.3 Å². The molecule has 0 saturated carbocycles. The number of nitriles is 1. The molecule has 1 heterocycles. The Kier molecular flexibility index (Phi) is 3.52. The molecule has 0 amide bonds. The first kappa shape index (κ1) is 12.3. The highest BCUT2D eigenvalue weighted by molar-refractivity contribution is 7.10. The lowest BCUT2D eigenvalue weighted by Crippen LogP contribution is -2.08. The molecule has 2 nitrogen and oxygen atoms in total. The molecular weight excluding hydrogens is 252 g/mol. The van der Waals surface area contributed by atoms with Gasteiger partial charge in [0.25, 0.3) is 0 Å². The Hall–Kier alpha value is -1.79. The van der Waals surface area contributed by atoms with Gasteiger partial charge in [-0.25, -0.2) is 0 Å². The van der Waals surface area contributed by atoms with Gasteiger partial charge in [-0.2, -0.15) is 5.26 Å². The van der Waals surface area contributed by atoms with Crippen molar-refractivity contribution < 1.29 is 0 Å². The van der Waals surface area contributed by atoms with E-state index in [9.17, 15) is 0 Å². The molecule has 0 spiro atoms. The predicted octanol–water partition coefficient (Wildman–Crippen LogP) is 4.11. The Bertz CT molecular complexity index is 622. The number of nitrogens with zero attached hydrogens (tertiary/aromatic N) is 1. The number of anilines is 1. The molecule has 0 aliphatic heterocycles. The van der Waals surface area contributed by atoms with Crippen molar-refractivity contribution in [2.75, 3.05) is 5.32 Å². The average Bonchev–Trinajstić information content (AvgIpc) is 2.93. The number of nitrogens with one attached hydrogen (secondary N) is 1. The van der Waals surface area contributed by atoms with Gasteiger partial charge in [0.15, 0.2) is 0 Å². The molecule has 1 aromatic heterocycles. The van der Waals surface area contributed by atoms with E-state index in [-0.39, 0.29) is 0 Å². The number of thiophene rings is 1. The van der Waals surface area contributed by atoms with E-state index in [4.69, 9.17) is 5.26 Å². The van der Waals surface area contributed by atoms with Crippen molar-refractivity contribution >= 4 is 17.0 Å². The summed E-state index contributed by atoms with van der Waals surface area (Å²) < 4.78 is 0. The van der Waals surface area contributed by atoms with Gasteiger partial charge in [-0.3, -0.25) is 0 Å². The van der Waals surface area contributed by atoms with Crippen LogP contribution >= 0.6 is 11.3 Å². The first-order valence-electron chi connectivity index (χ1n) is 6.69. The fourth-order valence-corrected chi connectivity index (χ4v) is 3.41. The summed E-state index contributed by atoms with van der Waals surface area (Å²) in [5.41, 5.74) is 5.02. The Labute approximate surface area is 117 Å². The van der Waals surface area contributed by atoms with Gasteiger partial charge < -0.3 is 5.32 Å². The summed E-state index contributed by atoms with van der Waals surface area (Å²) in [6, 6.07) is 10.7. The van der Waals surface area contributed by atoms with Crippen LogP contribution < -0.4 is 5.32 Å². The molecular formula is C16H16N2S. The molecule has 96 valence electrons. The third-order valence-corrected chi connectivity index (χ3v) is 4.57. The normalized spacial score (nSPS) is 13.6. The Morgan fingerprint density at radius 1 is 1.26 bits per heavy atom. The number of hydrogen-bond donors (Lipinski definition) is 1. The molecule has 2 aromatic rings. The molecule has 1 N–H and O–H groups in total. The van der Waals surface area contributed by atoms with Crippen molar-refractivity contribution in [3.8, 4) is 6.07 Å². The second kappa shape index (κ2) is 5.46. The third kappa shape index (κ3) is 2.64. The summed E-state index contributed by atoms with van der Waals surface area (Å²) in [6.45, 7) is 0.808. The molecule has 1 aliphatic carbocycles. The quantitative estimate of drug-likeness (QED) is 0.909. The number of benzene rings is 1. The second-order valence-corrected chi connectivity index (χ2v) is 5.91. The average molecular weight is 268 g/mol. The van der Waals surface area contributed by atoms with Crippen LogP contribution in [0.3, 0.4) is 0 Å². The van der Waals surface area contributed by atoms with E-state index >= 15 is 0 Å². The zero-order chi connectivity index (χ0) is 13.1. The highest BCUT2D eigenvalue weighted by atomic mass is 32.1. The van der Waals surface area contributed by atoms with Gasteiger partial charge in [0, 0.05) is 22.5 Å². The third-order valence-electron chi connectivity index (χ3n) is 3.63. The maximum atomic E-state index is 8.83. The molecule has 1 aromatic carbocycles. The van der Waals surface area contributed by atoms with Crippen LogP contribution in [-0.4, -0.2) is 0 Å². The zero-order valence-corrected chi connectivity index (χ0v) is 11.6.